The van der Waals surface area contributed by atoms with Crippen LogP contribution in [0.2, 0.25) is 0 Å². The van der Waals surface area contributed by atoms with Crippen molar-refractivity contribution in [2.75, 3.05) is 0 Å². The fourth-order valence-corrected chi connectivity index (χ4v) is 2.48. The highest BCUT2D eigenvalue weighted by molar-refractivity contribution is 7.11. The number of carbonyl (C=O) groups is 1. The topological polar surface area (TPSA) is 42.0 Å². The molecule has 0 saturated heterocycles. The minimum Gasteiger partial charge on any atom is -0.342 e. The third-order valence-electron chi connectivity index (χ3n) is 2.87. The fraction of sp³-hybridized carbons (Fsp3) is 0.286. The first-order chi connectivity index (χ1) is 8.50. The minimum absolute atomic E-state index is 0.0659. The molecule has 2 aromatic rings. The largest absolute Gasteiger partial charge is 0.342 e. The van der Waals surface area contributed by atoms with E-state index in [1.165, 1.54) is 11.3 Å². The minimum atomic E-state index is -0.394. The summed E-state index contributed by atoms with van der Waals surface area (Å²) < 4.78 is 0. The van der Waals surface area contributed by atoms with Gasteiger partial charge in [0.1, 0.15) is 4.88 Å². The molecule has 0 atom stereocenters. The molecule has 1 aromatic heterocycles. The summed E-state index contributed by atoms with van der Waals surface area (Å²) in [4.78, 5) is 17.0. The van der Waals surface area contributed by atoms with Crippen molar-refractivity contribution in [3.63, 3.8) is 0 Å². The predicted octanol–water partition coefficient (Wildman–Crippen LogP) is 3.12. The molecule has 0 aliphatic carbocycles. The quantitative estimate of drug-likeness (QED) is 0.921. The standard InChI is InChI=1S/C14H16N2OS/c1-10-12(18-9-15-10)13(17)16-14(2,3)11-7-5-4-6-8-11/h4-9H,1-3H3,(H,16,17). The first-order valence-corrected chi connectivity index (χ1v) is 6.67. The second-order valence-electron chi connectivity index (χ2n) is 4.71. The molecule has 0 fully saturated rings. The van der Waals surface area contributed by atoms with Gasteiger partial charge >= 0.3 is 0 Å². The van der Waals surface area contributed by atoms with Crippen molar-refractivity contribution in [3.8, 4) is 0 Å². The SMILES string of the molecule is Cc1ncsc1C(=O)NC(C)(C)c1ccccc1. The molecular formula is C14H16N2OS. The van der Waals surface area contributed by atoms with E-state index in [0.29, 0.717) is 4.88 Å². The molecule has 1 heterocycles. The molecular weight excluding hydrogens is 244 g/mol. The summed E-state index contributed by atoms with van der Waals surface area (Å²) in [5.74, 6) is -0.0659. The Hall–Kier alpha value is -1.68. The van der Waals surface area contributed by atoms with E-state index < -0.39 is 5.54 Å². The van der Waals surface area contributed by atoms with Crippen molar-refractivity contribution in [3.05, 3.63) is 52.0 Å². The van der Waals surface area contributed by atoms with Crippen LogP contribution >= 0.6 is 11.3 Å². The number of hydrogen-bond donors (Lipinski definition) is 1. The van der Waals surface area contributed by atoms with Crippen LogP contribution in [-0.2, 0) is 5.54 Å². The molecule has 0 bridgehead atoms. The lowest BCUT2D eigenvalue weighted by Gasteiger charge is -2.26. The second kappa shape index (κ2) is 4.90. The summed E-state index contributed by atoms with van der Waals surface area (Å²) in [6.07, 6.45) is 0. The maximum atomic E-state index is 12.2. The molecule has 18 heavy (non-hydrogen) atoms. The van der Waals surface area contributed by atoms with Crippen LogP contribution in [0.4, 0.5) is 0 Å². The van der Waals surface area contributed by atoms with Crippen LogP contribution in [0.25, 0.3) is 0 Å². The third-order valence-corrected chi connectivity index (χ3v) is 3.80. The van der Waals surface area contributed by atoms with Crippen molar-refractivity contribution >= 4 is 17.2 Å². The lowest BCUT2D eigenvalue weighted by molar-refractivity contribution is 0.0915. The van der Waals surface area contributed by atoms with Crippen LogP contribution < -0.4 is 5.32 Å². The first-order valence-electron chi connectivity index (χ1n) is 5.79. The molecule has 1 N–H and O–H groups in total. The Balaban J connectivity index is 2.19. The van der Waals surface area contributed by atoms with E-state index in [9.17, 15) is 4.79 Å². The maximum absolute atomic E-state index is 12.2. The summed E-state index contributed by atoms with van der Waals surface area (Å²) >= 11 is 1.37. The van der Waals surface area contributed by atoms with Gasteiger partial charge in [-0.05, 0) is 26.3 Å². The van der Waals surface area contributed by atoms with Crippen LogP contribution in [0.1, 0.15) is 34.8 Å². The average Bonchev–Trinajstić information content (AvgIpc) is 2.76. The zero-order valence-electron chi connectivity index (χ0n) is 10.7. The van der Waals surface area contributed by atoms with Gasteiger partial charge in [-0.2, -0.15) is 0 Å². The van der Waals surface area contributed by atoms with E-state index in [0.717, 1.165) is 11.3 Å². The molecule has 0 radical (unpaired) electrons. The van der Waals surface area contributed by atoms with Gasteiger partial charge in [-0.1, -0.05) is 30.3 Å². The number of rotatable bonds is 3. The smallest absolute Gasteiger partial charge is 0.263 e. The highest BCUT2D eigenvalue weighted by Crippen LogP contribution is 2.21. The van der Waals surface area contributed by atoms with Gasteiger partial charge in [-0.15, -0.1) is 11.3 Å². The van der Waals surface area contributed by atoms with Gasteiger partial charge in [0.2, 0.25) is 0 Å². The predicted molar refractivity (Wildman–Crippen MR) is 73.8 cm³/mol. The lowest BCUT2D eigenvalue weighted by atomic mass is 9.94. The average molecular weight is 260 g/mol. The molecule has 1 aromatic carbocycles. The Bertz CT molecular complexity index is 546. The van der Waals surface area contributed by atoms with Crippen LogP contribution in [0.5, 0.6) is 0 Å². The van der Waals surface area contributed by atoms with Crippen molar-refractivity contribution < 1.29 is 4.79 Å². The van der Waals surface area contributed by atoms with Crippen LogP contribution in [0.3, 0.4) is 0 Å². The molecule has 0 saturated carbocycles. The normalized spacial score (nSPS) is 11.3. The summed E-state index contributed by atoms with van der Waals surface area (Å²) in [6.45, 7) is 5.84. The number of thiazole rings is 1. The van der Waals surface area contributed by atoms with Crippen LogP contribution in [-0.4, -0.2) is 10.9 Å². The Morgan fingerprint density at radius 2 is 1.94 bits per heavy atom. The Morgan fingerprint density at radius 1 is 1.28 bits per heavy atom. The van der Waals surface area contributed by atoms with E-state index >= 15 is 0 Å². The van der Waals surface area contributed by atoms with Gasteiger partial charge in [-0.3, -0.25) is 4.79 Å². The van der Waals surface area contributed by atoms with E-state index in [1.54, 1.807) is 5.51 Å². The molecule has 3 nitrogen and oxygen atoms in total. The van der Waals surface area contributed by atoms with Crippen molar-refractivity contribution in [2.45, 2.75) is 26.3 Å². The molecule has 0 aliphatic rings. The van der Waals surface area contributed by atoms with E-state index in [-0.39, 0.29) is 5.91 Å². The van der Waals surface area contributed by atoms with Crippen LogP contribution in [0, 0.1) is 6.92 Å². The summed E-state index contributed by atoms with van der Waals surface area (Å²) in [6, 6.07) is 9.94. The maximum Gasteiger partial charge on any atom is 0.263 e. The zero-order valence-corrected chi connectivity index (χ0v) is 11.5. The van der Waals surface area contributed by atoms with E-state index in [4.69, 9.17) is 0 Å². The number of amides is 1. The van der Waals surface area contributed by atoms with Gasteiger partial charge < -0.3 is 5.32 Å². The van der Waals surface area contributed by atoms with Gasteiger partial charge in [0.05, 0.1) is 16.7 Å². The van der Waals surface area contributed by atoms with Gasteiger partial charge in [0.25, 0.3) is 5.91 Å². The number of aryl methyl sites for hydroxylation is 1. The fourth-order valence-electron chi connectivity index (χ4n) is 1.79. The van der Waals surface area contributed by atoms with Gasteiger partial charge in [0, 0.05) is 0 Å². The van der Waals surface area contributed by atoms with Crippen LogP contribution in [0.15, 0.2) is 35.8 Å². The third kappa shape index (κ3) is 2.59. The van der Waals surface area contributed by atoms with E-state index in [1.807, 2.05) is 51.1 Å². The Labute approximate surface area is 111 Å². The number of nitrogens with zero attached hydrogens (tertiary/aromatic N) is 1. The molecule has 0 unspecified atom stereocenters. The summed E-state index contributed by atoms with van der Waals surface area (Å²) in [5.41, 5.74) is 3.16. The van der Waals surface area contributed by atoms with Crippen molar-refractivity contribution in [2.24, 2.45) is 0 Å². The number of hydrogen-bond acceptors (Lipinski definition) is 3. The number of benzene rings is 1. The Kier molecular flexibility index (Phi) is 3.48. The molecule has 1 amide bonds. The highest BCUT2D eigenvalue weighted by atomic mass is 32.1. The van der Waals surface area contributed by atoms with Crippen molar-refractivity contribution in [1.29, 1.82) is 0 Å². The van der Waals surface area contributed by atoms with Crippen molar-refractivity contribution in [1.82, 2.24) is 10.3 Å². The molecule has 94 valence electrons. The molecule has 2 rings (SSSR count). The first kappa shape index (κ1) is 12.8. The van der Waals surface area contributed by atoms with E-state index in [2.05, 4.69) is 10.3 Å². The Morgan fingerprint density at radius 3 is 2.50 bits per heavy atom. The molecule has 4 heteroatoms. The molecule has 0 aliphatic heterocycles. The number of nitrogens with one attached hydrogen (secondary N) is 1. The lowest BCUT2D eigenvalue weighted by Crippen LogP contribution is -2.40. The summed E-state index contributed by atoms with van der Waals surface area (Å²) in [5, 5.41) is 3.05. The second-order valence-corrected chi connectivity index (χ2v) is 5.57. The molecule has 0 spiro atoms. The zero-order chi connectivity index (χ0) is 13.2. The summed E-state index contributed by atoms with van der Waals surface area (Å²) in [7, 11) is 0. The number of carbonyl (C=O) groups excluding carboxylic acids is 1. The monoisotopic (exact) mass is 260 g/mol. The number of aromatic nitrogens is 1. The van der Waals surface area contributed by atoms with Gasteiger partial charge in [-0.25, -0.2) is 4.98 Å². The van der Waals surface area contributed by atoms with Gasteiger partial charge in [0.15, 0.2) is 0 Å². The highest BCUT2D eigenvalue weighted by Gasteiger charge is 2.24.